The van der Waals surface area contributed by atoms with Gasteiger partial charge in [0.25, 0.3) is 0 Å². The van der Waals surface area contributed by atoms with Gasteiger partial charge in [-0.1, -0.05) is 6.07 Å². The van der Waals surface area contributed by atoms with Crippen LogP contribution in [0.2, 0.25) is 0 Å². The lowest BCUT2D eigenvalue weighted by atomic mass is 10.2. The van der Waals surface area contributed by atoms with Crippen molar-refractivity contribution < 1.29 is 0 Å². The summed E-state index contributed by atoms with van der Waals surface area (Å²) in [5, 5.41) is 4.23. The van der Waals surface area contributed by atoms with Gasteiger partial charge in [-0.3, -0.25) is 4.98 Å². The van der Waals surface area contributed by atoms with Crippen molar-refractivity contribution in [2.24, 2.45) is 0 Å². The van der Waals surface area contributed by atoms with Crippen LogP contribution in [0.15, 0.2) is 42.7 Å². The molecule has 5 heteroatoms. The minimum Gasteiger partial charge on any atom is -0.331 e. The van der Waals surface area contributed by atoms with E-state index in [1.165, 1.54) is 17.1 Å². The van der Waals surface area contributed by atoms with Crippen molar-refractivity contribution in [2.45, 2.75) is 13.8 Å². The Morgan fingerprint density at radius 1 is 1.05 bits per heavy atom. The molecule has 0 aromatic carbocycles. The Morgan fingerprint density at radius 2 is 1.95 bits per heavy atom. The molecule has 0 unspecified atom stereocenters. The molecular formula is C15H14N4S. The highest BCUT2D eigenvalue weighted by molar-refractivity contribution is 7.10. The maximum Gasteiger partial charge on any atom is 0.131 e. The van der Waals surface area contributed by atoms with E-state index < -0.39 is 0 Å². The predicted octanol–water partition coefficient (Wildman–Crippen LogP) is 3.96. The van der Waals surface area contributed by atoms with Gasteiger partial charge in [-0.2, -0.15) is 4.37 Å². The highest BCUT2D eigenvalue weighted by atomic mass is 32.1. The molecule has 3 rings (SSSR count). The van der Waals surface area contributed by atoms with Gasteiger partial charge in [0.05, 0.1) is 5.69 Å². The monoisotopic (exact) mass is 282 g/mol. The highest BCUT2D eigenvalue weighted by Crippen LogP contribution is 2.27. The average molecular weight is 282 g/mol. The third kappa shape index (κ3) is 2.67. The Kier molecular flexibility index (Phi) is 3.43. The van der Waals surface area contributed by atoms with Crippen LogP contribution in [0.25, 0.3) is 11.4 Å². The van der Waals surface area contributed by atoms with Crippen LogP contribution in [0.4, 0.5) is 10.8 Å². The minimum absolute atomic E-state index is 0.831. The van der Waals surface area contributed by atoms with Crippen LogP contribution in [-0.4, -0.2) is 14.3 Å². The quantitative estimate of drug-likeness (QED) is 0.790. The number of hydrogen-bond acceptors (Lipinski definition) is 5. The van der Waals surface area contributed by atoms with Gasteiger partial charge < -0.3 is 5.32 Å². The van der Waals surface area contributed by atoms with Crippen LogP contribution in [0.1, 0.15) is 11.1 Å². The van der Waals surface area contributed by atoms with Gasteiger partial charge >= 0.3 is 0 Å². The Balaban J connectivity index is 1.86. The van der Waals surface area contributed by atoms with Gasteiger partial charge in [-0.15, -0.1) is 0 Å². The van der Waals surface area contributed by atoms with Crippen LogP contribution in [0.5, 0.6) is 0 Å². The summed E-state index contributed by atoms with van der Waals surface area (Å²) < 4.78 is 4.45. The SMILES string of the molecule is Cc1ccnc(Nc2cc(-c3ncccc3C)ns2)c1. The van der Waals surface area contributed by atoms with Gasteiger partial charge in [-0.25, -0.2) is 4.98 Å². The number of anilines is 2. The molecule has 3 aromatic rings. The summed E-state index contributed by atoms with van der Waals surface area (Å²) in [6.45, 7) is 4.08. The number of pyridine rings is 2. The topological polar surface area (TPSA) is 50.7 Å². The fraction of sp³-hybridized carbons (Fsp3) is 0.133. The van der Waals surface area contributed by atoms with Gasteiger partial charge in [-0.05, 0) is 54.7 Å². The fourth-order valence-electron chi connectivity index (χ4n) is 1.93. The second-order valence-electron chi connectivity index (χ2n) is 4.59. The van der Waals surface area contributed by atoms with E-state index in [0.29, 0.717) is 0 Å². The Hall–Kier alpha value is -2.27. The number of aromatic nitrogens is 3. The first-order chi connectivity index (χ1) is 9.72. The zero-order chi connectivity index (χ0) is 13.9. The standard InChI is InChI=1S/C15H14N4S/c1-10-5-7-16-13(8-10)18-14-9-12(19-20-14)15-11(2)4-3-6-17-15/h3-9H,1-2H3,(H,16,18). The van der Waals surface area contributed by atoms with Crippen LogP contribution < -0.4 is 5.32 Å². The van der Waals surface area contributed by atoms with Gasteiger partial charge in [0.1, 0.15) is 16.5 Å². The molecule has 0 aliphatic rings. The summed E-state index contributed by atoms with van der Waals surface area (Å²) in [5.74, 6) is 0.831. The molecule has 4 nitrogen and oxygen atoms in total. The summed E-state index contributed by atoms with van der Waals surface area (Å²) in [6, 6.07) is 9.95. The van der Waals surface area contributed by atoms with E-state index in [-0.39, 0.29) is 0 Å². The van der Waals surface area contributed by atoms with Crippen molar-refractivity contribution in [3.8, 4) is 11.4 Å². The Morgan fingerprint density at radius 3 is 2.75 bits per heavy atom. The first kappa shape index (κ1) is 12.7. The van der Waals surface area contributed by atoms with E-state index in [0.717, 1.165) is 27.8 Å². The predicted molar refractivity (Wildman–Crippen MR) is 82.3 cm³/mol. The molecule has 0 saturated carbocycles. The number of aryl methyl sites for hydroxylation is 2. The highest BCUT2D eigenvalue weighted by Gasteiger charge is 2.08. The van der Waals surface area contributed by atoms with Crippen molar-refractivity contribution in [2.75, 3.05) is 5.32 Å². The molecule has 0 bridgehead atoms. The van der Waals surface area contributed by atoms with Crippen molar-refractivity contribution in [1.29, 1.82) is 0 Å². The lowest BCUT2D eigenvalue weighted by molar-refractivity contribution is 1.25. The molecule has 0 spiro atoms. The number of nitrogens with one attached hydrogen (secondary N) is 1. The molecule has 3 aromatic heterocycles. The van der Waals surface area contributed by atoms with E-state index in [1.54, 1.807) is 12.4 Å². The first-order valence-corrected chi connectivity index (χ1v) is 7.08. The molecule has 100 valence electrons. The number of hydrogen-bond donors (Lipinski definition) is 1. The van der Waals surface area contributed by atoms with Crippen LogP contribution >= 0.6 is 11.5 Å². The molecule has 0 amide bonds. The summed E-state index contributed by atoms with van der Waals surface area (Å²) >= 11 is 1.41. The molecule has 0 saturated heterocycles. The van der Waals surface area contributed by atoms with E-state index in [2.05, 4.69) is 19.7 Å². The van der Waals surface area contributed by atoms with Crippen molar-refractivity contribution >= 4 is 22.4 Å². The largest absolute Gasteiger partial charge is 0.331 e. The van der Waals surface area contributed by atoms with Gasteiger partial charge in [0, 0.05) is 18.5 Å². The van der Waals surface area contributed by atoms with Crippen molar-refractivity contribution in [1.82, 2.24) is 14.3 Å². The molecule has 0 aliphatic carbocycles. The molecule has 0 radical (unpaired) electrons. The first-order valence-electron chi connectivity index (χ1n) is 6.31. The zero-order valence-electron chi connectivity index (χ0n) is 11.3. The lowest BCUT2D eigenvalue weighted by Crippen LogP contribution is -1.91. The minimum atomic E-state index is 0.831. The Labute approximate surface area is 121 Å². The summed E-state index contributed by atoms with van der Waals surface area (Å²) in [7, 11) is 0. The second-order valence-corrected chi connectivity index (χ2v) is 5.39. The number of nitrogens with zero attached hydrogens (tertiary/aromatic N) is 3. The number of rotatable bonds is 3. The van der Waals surface area contributed by atoms with E-state index in [9.17, 15) is 0 Å². The fourth-order valence-corrected chi connectivity index (χ4v) is 2.58. The lowest BCUT2D eigenvalue weighted by Gasteiger charge is -2.02. The third-order valence-electron chi connectivity index (χ3n) is 2.93. The van der Waals surface area contributed by atoms with Crippen LogP contribution in [0, 0.1) is 13.8 Å². The zero-order valence-corrected chi connectivity index (χ0v) is 12.1. The molecule has 0 atom stereocenters. The molecule has 1 N–H and O–H groups in total. The molecule has 3 heterocycles. The third-order valence-corrected chi connectivity index (χ3v) is 3.63. The molecule has 20 heavy (non-hydrogen) atoms. The van der Waals surface area contributed by atoms with Crippen LogP contribution in [-0.2, 0) is 0 Å². The van der Waals surface area contributed by atoms with Crippen molar-refractivity contribution in [3.63, 3.8) is 0 Å². The van der Waals surface area contributed by atoms with E-state index in [4.69, 9.17) is 0 Å². The van der Waals surface area contributed by atoms with E-state index in [1.807, 2.05) is 44.2 Å². The molecule has 0 fully saturated rings. The average Bonchev–Trinajstić information content (AvgIpc) is 2.87. The van der Waals surface area contributed by atoms with E-state index >= 15 is 0 Å². The summed E-state index contributed by atoms with van der Waals surface area (Å²) in [6.07, 6.45) is 3.58. The smallest absolute Gasteiger partial charge is 0.131 e. The molecular weight excluding hydrogens is 268 g/mol. The Bertz CT molecular complexity index is 736. The summed E-state index contributed by atoms with van der Waals surface area (Å²) in [5.41, 5.74) is 4.11. The second kappa shape index (κ2) is 5.38. The van der Waals surface area contributed by atoms with Gasteiger partial charge in [0.15, 0.2) is 0 Å². The summed E-state index contributed by atoms with van der Waals surface area (Å²) in [4.78, 5) is 8.67. The van der Waals surface area contributed by atoms with Gasteiger partial charge in [0.2, 0.25) is 0 Å². The maximum absolute atomic E-state index is 4.45. The van der Waals surface area contributed by atoms with Crippen LogP contribution in [0.3, 0.4) is 0 Å². The maximum atomic E-state index is 4.45. The van der Waals surface area contributed by atoms with Crippen molar-refractivity contribution in [3.05, 3.63) is 53.9 Å². The molecule has 0 aliphatic heterocycles. The normalized spacial score (nSPS) is 10.5.